The molecule has 0 atom stereocenters. The lowest BCUT2D eigenvalue weighted by Crippen LogP contribution is -2.08. The molecule has 1 aromatic carbocycles. The minimum absolute atomic E-state index is 0.134. The first-order chi connectivity index (χ1) is 7.50. The lowest BCUT2D eigenvalue weighted by atomic mass is 10.1. The number of hydrogen-bond donors (Lipinski definition) is 1. The zero-order valence-electron chi connectivity index (χ0n) is 8.30. The number of aromatic nitrogens is 1. The number of ketones is 1. The number of benzene rings is 1. The van der Waals surface area contributed by atoms with Crippen LogP contribution in [0.5, 0.6) is 0 Å². The zero-order chi connectivity index (χ0) is 11.9. The average molecular weight is 240 g/mol. The van der Waals surface area contributed by atoms with Crippen LogP contribution in [0, 0.1) is 12.7 Å². The Kier molecular flexibility index (Phi) is 2.52. The molecule has 2 aromatic rings. The summed E-state index contributed by atoms with van der Waals surface area (Å²) >= 11 is 5.14. The van der Waals surface area contributed by atoms with Crippen molar-refractivity contribution in [2.45, 2.75) is 6.92 Å². The standard InChI is InChI=1S/C11H7ClFNO2/c1-5-9(10(15)11(12)16)7-4-6(13)2-3-8(7)14-5/h2-4,14H,1H3. The number of carbonyl (C=O) groups excluding carboxylic acids is 2. The molecule has 0 saturated heterocycles. The van der Waals surface area contributed by atoms with Crippen LogP contribution in [0.1, 0.15) is 16.1 Å². The van der Waals surface area contributed by atoms with Gasteiger partial charge in [0, 0.05) is 16.6 Å². The molecule has 0 fully saturated rings. The Balaban J connectivity index is 2.77. The van der Waals surface area contributed by atoms with Gasteiger partial charge in [-0.05, 0) is 36.7 Å². The highest BCUT2D eigenvalue weighted by atomic mass is 35.5. The number of aryl methyl sites for hydroxylation is 1. The average Bonchev–Trinajstić information content (AvgIpc) is 2.52. The van der Waals surface area contributed by atoms with Crippen LogP contribution in [0.15, 0.2) is 18.2 Å². The number of fused-ring (bicyclic) bond motifs is 1. The van der Waals surface area contributed by atoms with Crippen molar-refractivity contribution in [3.8, 4) is 0 Å². The molecule has 0 spiro atoms. The first-order valence-electron chi connectivity index (χ1n) is 4.52. The van der Waals surface area contributed by atoms with Crippen molar-refractivity contribution >= 4 is 33.5 Å². The predicted octanol–water partition coefficient (Wildman–Crippen LogP) is 2.56. The number of H-pyrrole nitrogens is 1. The summed E-state index contributed by atoms with van der Waals surface area (Å²) in [6.07, 6.45) is 0. The van der Waals surface area contributed by atoms with Crippen molar-refractivity contribution in [2.75, 3.05) is 0 Å². The number of rotatable bonds is 2. The van der Waals surface area contributed by atoms with Gasteiger partial charge in [0.25, 0.3) is 5.24 Å². The number of carbonyl (C=O) groups is 2. The van der Waals surface area contributed by atoms with E-state index in [1.165, 1.54) is 18.2 Å². The second-order valence-corrected chi connectivity index (χ2v) is 3.76. The van der Waals surface area contributed by atoms with Crippen LogP contribution < -0.4 is 0 Å². The number of nitrogens with one attached hydrogen (secondary N) is 1. The molecule has 1 aromatic heterocycles. The second-order valence-electron chi connectivity index (χ2n) is 3.42. The van der Waals surface area contributed by atoms with E-state index in [0.29, 0.717) is 16.6 Å². The molecule has 0 bridgehead atoms. The predicted molar refractivity (Wildman–Crippen MR) is 58.2 cm³/mol. The Morgan fingerprint density at radius 2 is 2.06 bits per heavy atom. The summed E-state index contributed by atoms with van der Waals surface area (Å²) in [4.78, 5) is 25.3. The Labute approximate surface area is 95.2 Å². The highest BCUT2D eigenvalue weighted by Crippen LogP contribution is 2.24. The summed E-state index contributed by atoms with van der Waals surface area (Å²) in [6.45, 7) is 1.63. The van der Waals surface area contributed by atoms with Gasteiger partial charge in [-0.15, -0.1) is 0 Å². The molecule has 0 saturated carbocycles. The van der Waals surface area contributed by atoms with Crippen LogP contribution in [-0.2, 0) is 4.79 Å². The van der Waals surface area contributed by atoms with Gasteiger partial charge in [-0.25, -0.2) is 4.39 Å². The van der Waals surface area contributed by atoms with Gasteiger partial charge in [0.15, 0.2) is 0 Å². The van der Waals surface area contributed by atoms with Crippen molar-refractivity contribution in [1.29, 1.82) is 0 Å². The van der Waals surface area contributed by atoms with E-state index < -0.39 is 16.8 Å². The van der Waals surface area contributed by atoms with Gasteiger partial charge in [0.05, 0.1) is 5.56 Å². The fourth-order valence-corrected chi connectivity index (χ4v) is 1.78. The summed E-state index contributed by atoms with van der Waals surface area (Å²) in [5.41, 5.74) is 1.23. The SMILES string of the molecule is Cc1[nH]c2ccc(F)cc2c1C(=O)C(=O)Cl. The molecule has 0 aliphatic rings. The molecule has 2 rings (SSSR count). The van der Waals surface area contributed by atoms with E-state index in [-0.39, 0.29) is 5.56 Å². The molecule has 0 unspecified atom stereocenters. The highest BCUT2D eigenvalue weighted by molar-refractivity contribution is 6.83. The van der Waals surface area contributed by atoms with Crippen molar-refractivity contribution in [3.05, 3.63) is 35.3 Å². The van der Waals surface area contributed by atoms with E-state index in [1.54, 1.807) is 6.92 Å². The quantitative estimate of drug-likeness (QED) is 0.497. The molecule has 1 heterocycles. The molecular formula is C11H7ClFNO2. The van der Waals surface area contributed by atoms with Gasteiger partial charge in [0.2, 0.25) is 5.78 Å². The monoisotopic (exact) mass is 239 g/mol. The largest absolute Gasteiger partial charge is 0.358 e. The first-order valence-corrected chi connectivity index (χ1v) is 4.90. The van der Waals surface area contributed by atoms with Crippen molar-refractivity contribution in [3.63, 3.8) is 0 Å². The highest BCUT2D eigenvalue weighted by Gasteiger charge is 2.21. The molecular weight excluding hydrogens is 233 g/mol. The summed E-state index contributed by atoms with van der Waals surface area (Å²) in [5, 5.41) is -0.704. The minimum atomic E-state index is -1.08. The summed E-state index contributed by atoms with van der Waals surface area (Å²) in [6, 6.07) is 3.98. The molecule has 1 N–H and O–H groups in total. The van der Waals surface area contributed by atoms with Gasteiger partial charge >= 0.3 is 0 Å². The Morgan fingerprint density at radius 1 is 1.38 bits per heavy atom. The minimum Gasteiger partial charge on any atom is -0.358 e. The van der Waals surface area contributed by atoms with Gasteiger partial charge in [0.1, 0.15) is 5.82 Å². The third-order valence-corrected chi connectivity index (χ3v) is 2.53. The number of aromatic amines is 1. The van der Waals surface area contributed by atoms with Crippen LogP contribution >= 0.6 is 11.6 Å². The fraction of sp³-hybridized carbons (Fsp3) is 0.0909. The summed E-state index contributed by atoms with van der Waals surface area (Å²) in [7, 11) is 0. The van der Waals surface area contributed by atoms with Gasteiger partial charge in [-0.2, -0.15) is 0 Å². The van der Waals surface area contributed by atoms with Crippen LogP contribution in [0.4, 0.5) is 4.39 Å². The van der Waals surface area contributed by atoms with E-state index in [4.69, 9.17) is 11.6 Å². The van der Waals surface area contributed by atoms with Crippen molar-refractivity contribution in [1.82, 2.24) is 4.98 Å². The number of Topliss-reactive ketones (excluding diaryl/α,β-unsaturated/α-hetero) is 1. The summed E-state index contributed by atoms with van der Waals surface area (Å²) < 4.78 is 13.0. The Bertz CT molecular complexity index is 603. The van der Waals surface area contributed by atoms with Crippen molar-refractivity contribution in [2.24, 2.45) is 0 Å². The molecule has 3 nitrogen and oxygen atoms in total. The third-order valence-electron chi connectivity index (χ3n) is 2.35. The van der Waals surface area contributed by atoms with Crippen LogP contribution in [0.2, 0.25) is 0 Å². The first kappa shape index (κ1) is 10.8. The zero-order valence-corrected chi connectivity index (χ0v) is 9.06. The maximum atomic E-state index is 13.0. The number of hydrogen-bond acceptors (Lipinski definition) is 2. The molecule has 16 heavy (non-hydrogen) atoms. The molecule has 0 aliphatic heterocycles. The normalized spacial score (nSPS) is 10.7. The van der Waals surface area contributed by atoms with E-state index in [1.807, 2.05) is 0 Å². The molecule has 82 valence electrons. The maximum absolute atomic E-state index is 13.0. The molecule has 0 amide bonds. The van der Waals surface area contributed by atoms with Gasteiger partial charge < -0.3 is 4.98 Å². The Morgan fingerprint density at radius 3 is 2.69 bits per heavy atom. The van der Waals surface area contributed by atoms with E-state index in [2.05, 4.69) is 4.98 Å². The topological polar surface area (TPSA) is 49.9 Å². The van der Waals surface area contributed by atoms with Crippen LogP contribution in [0.3, 0.4) is 0 Å². The lowest BCUT2D eigenvalue weighted by Gasteiger charge is -1.95. The van der Waals surface area contributed by atoms with Crippen LogP contribution in [-0.4, -0.2) is 16.0 Å². The van der Waals surface area contributed by atoms with Crippen LogP contribution in [0.25, 0.3) is 10.9 Å². The summed E-state index contributed by atoms with van der Waals surface area (Å²) in [5.74, 6) is -1.29. The van der Waals surface area contributed by atoms with E-state index in [0.717, 1.165) is 0 Å². The van der Waals surface area contributed by atoms with Gasteiger partial charge in [-0.3, -0.25) is 9.59 Å². The molecule has 0 aliphatic carbocycles. The molecule has 5 heteroatoms. The van der Waals surface area contributed by atoms with Crippen molar-refractivity contribution < 1.29 is 14.0 Å². The number of halogens is 2. The fourth-order valence-electron chi connectivity index (χ4n) is 1.69. The third kappa shape index (κ3) is 1.61. The molecule has 0 radical (unpaired) electrons. The lowest BCUT2D eigenvalue weighted by molar-refractivity contribution is -0.108. The van der Waals surface area contributed by atoms with E-state index in [9.17, 15) is 14.0 Å². The Hall–Kier alpha value is -1.68. The van der Waals surface area contributed by atoms with Gasteiger partial charge in [-0.1, -0.05) is 0 Å². The van der Waals surface area contributed by atoms with E-state index >= 15 is 0 Å². The maximum Gasteiger partial charge on any atom is 0.293 e. The second kappa shape index (κ2) is 3.72. The smallest absolute Gasteiger partial charge is 0.293 e.